The van der Waals surface area contributed by atoms with Crippen LogP contribution in [0.15, 0.2) is 15.0 Å². The third-order valence-corrected chi connectivity index (χ3v) is 2.13. The highest BCUT2D eigenvalue weighted by atomic mass is 79.9. The van der Waals surface area contributed by atoms with Gasteiger partial charge in [0.2, 0.25) is 0 Å². The molecule has 0 radical (unpaired) electrons. The average Bonchev–Trinajstić information content (AvgIpc) is 2.09. The molecular weight excluding hydrogens is 226 g/mol. The predicted molar refractivity (Wildman–Crippen MR) is 52.2 cm³/mol. The summed E-state index contributed by atoms with van der Waals surface area (Å²) in [5.74, 6) is 0.792. The predicted octanol–water partition coefficient (Wildman–Crippen LogP) is 1.88. The molecule has 11 heavy (non-hydrogen) atoms. The van der Waals surface area contributed by atoms with Gasteiger partial charge in [0, 0.05) is 13.2 Å². The molecule has 0 N–H and O–H groups in total. The van der Waals surface area contributed by atoms with Crippen molar-refractivity contribution in [2.75, 3.05) is 12.5 Å². The highest BCUT2D eigenvalue weighted by molar-refractivity contribution is 9.10. The van der Waals surface area contributed by atoms with E-state index < -0.39 is 0 Å². The molecule has 0 aliphatic carbocycles. The van der Waals surface area contributed by atoms with Crippen molar-refractivity contribution < 1.29 is 0 Å². The van der Waals surface area contributed by atoms with Crippen LogP contribution in [0.2, 0.25) is 0 Å². The molecule has 0 aliphatic rings. The van der Waals surface area contributed by atoms with Crippen molar-refractivity contribution in [1.29, 1.82) is 0 Å². The van der Waals surface area contributed by atoms with Crippen LogP contribution in [0.25, 0.3) is 0 Å². The van der Waals surface area contributed by atoms with E-state index in [0.717, 1.165) is 10.3 Å². The number of rotatable bonds is 1. The molecule has 0 aliphatic heterocycles. The SMILES string of the molecule is Cn1cc(Br)c(N=S(C)C)n1. The van der Waals surface area contributed by atoms with Crippen LogP contribution in [0.5, 0.6) is 0 Å². The number of aryl methyl sites for hydroxylation is 1. The smallest absolute Gasteiger partial charge is 0.194 e. The van der Waals surface area contributed by atoms with E-state index in [1.165, 1.54) is 0 Å². The summed E-state index contributed by atoms with van der Waals surface area (Å²) in [6.07, 6.45) is 6.01. The highest BCUT2D eigenvalue weighted by Gasteiger charge is 2.01. The fraction of sp³-hybridized carbons (Fsp3) is 0.500. The van der Waals surface area contributed by atoms with Gasteiger partial charge in [0.05, 0.1) is 4.47 Å². The van der Waals surface area contributed by atoms with Crippen LogP contribution in [0.4, 0.5) is 5.82 Å². The van der Waals surface area contributed by atoms with Crippen molar-refractivity contribution in [3.63, 3.8) is 0 Å². The third-order valence-electron chi connectivity index (χ3n) is 1.04. The van der Waals surface area contributed by atoms with Gasteiger partial charge in [0.15, 0.2) is 5.82 Å². The Bertz CT molecular complexity index is 288. The first-order valence-electron chi connectivity index (χ1n) is 3.08. The standard InChI is InChI=1S/C6H10BrN3S/c1-10-4-5(7)6(8-10)9-11(2)3/h4H,1-3H3. The van der Waals surface area contributed by atoms with E-state index in [1.54, 1.807) is 4.68 Å². The maximum atomic E-state index is 4.33. The van der Waals surface area contributed by atoms with E-state index in [2.05, 4.69) is 37.9 Å². The van der Waals surface area contributed by atoms with Crippen LogP contribution >= 0.6 is 15.9 Å². The van der Waals surface area contributed by atoms with Crippen LogP contribution < -0.4 is 0 Å². The van der Waals surface area contributed by atoms with Crippen LogP contribution in [-0.4, -0.2) is 22.3 Å². The summed E-state index contributed by atoms with van der Waals surface area (Å²) in [7, 11) is 1.94. The summed E-state index contributed by atoms with van der Waals surface area (Å²) >= 11 is 3.37. The third kappa shape index (κ3) is 2.41. The van der Waals surface area contributed by atoms with Crippen molar-refractivity contribution in [2.45, 2.75) is 0 Å². The number of halogens is 1. The molecule has 0 fully saturated rings. The Labute approximate surface area is 77.0 Å². The molecule has 0 amide bonds. The van der Waals surface area contributed by atoms with Gasteiger partial charge in [-0.1, -0.05) is 10.7 Å². The van der Waals surface area contributed by atoms with Crippen molar-refractivity contribution >= 4 is 32.4 Å². The van der Waals surface area contributed by atoms with E-state index in [4.69, 9.17) is 0 Å². The van der Waals surface area contributed by atoms with Crippen molar-refractivity contribution in [1.82, 2.24) is 9.78 Å². The van der Waals surface area contributed by atoms with E-state index in [-0.39, 0.29) is 10.7 Å². The minimum Gasteiger partial charge on any atom is -0.272 e. The first kappa shape index (κ1) is 8.93. The van der Waals surface area contributed by atoms with Crippen LogP contribution in [0.1, 0.15) is 0 Å². The molecule has 1 heterocycles. The Hall–Kier alpha value is -0.160. The number of aromatic nitrogens is 2. The largest absolute Gasteiger partial charge is 0.272 e. The zero-order valence-electron chi connectivity index (χ0n) is 6.71. The van der Waals surface area contributed by atoms with E-state index in [0.29, 0.717) is 0 Å². The summed E-state index contributed by atoms with van der Waals surface area (Å²) in [5.41, 5.74) is 0. The maximum absolute atomic E-state index is 4.33. The Morgan fingerprint density at radius 2 is 2.27 bits per heavy atom. The van der Waals surface area contributed by atoms with Gasteiger partial charge in [-0.25, -0.2) is 4.36 Å². The Kier molecular flexibility index (Phi) is 2.84. The normalized spacial score (nSPS) is 10.6. The van der Waals surface area contributed by atoms with Gasteiger partial charge < -0.3 is 0 Å². The lowest BCUT2D eigenvalue weighted by atomic mass is 10.7. The lowest BCUT2D eigenvalue weighted by molar-refractivity contribution is 0.769. The van der Waals surface area contributed by atoms with Gasteiger partial charge in [0.25, 0.3) is 0 Å². The fourth-order valence-electron chi connectivity index (χ4n) is 0.683. The molecule has 1 aromatic rings. The first-order valence-corrected chi connectivity index (χ1v) is 5.87. The Morgan fingerprint density at radius 3 is 2.64 bits per heavy atom. The monoisotopic (exact) mass is 235 g/mol. The van der Waals surface area contributed by atoms with Gasteiger partial charge in [-0.05, 0) is 28.4 Å². The van der Waals surface area contributed by atoms with Crippen molar-refractivity contribution in [3.05, 3.63) is 10.7 Å². The summed E-state index contributed by atoms with van der Waals surface area (Å²) in [5, 5.41) is 4.16. The number of hydrogen-bond acceptors (Lipinski definition) is 2. The van der Waals surface area contributed by atoms with E-state index in [1.807, 2.05) is 13.2 Å². The highest BCUT2D eigenvalue weighted by Crippen LogP contribution is 2.22. The van der Waals surface area contributed by atoms with E-state index >= 15 is 0 Å². The van der Waals surface area contributed by atoms with Crippen LogP contribution in [0.3, 0.4) is 0 Å². The van der Waals surface area contributed by atoms with Crippen LogP contribution in [0, 0.1) is 0 Å². The molecule has 0 aromatic carbocycles. The second-order valence-electron chi connectivity index (χ2n) is 2.34. The molecule has 0 saturated carbocycles. The zero-order valence-corrected chi connectivity index (χ0v) is 9.11. The Morgan fingerprint density at radius 1 is 1.64 bits per heavy atom. The van der Waals surface area contributed by atoms with Crippen molar-refractivity contribution in [2.24, 2.45) is 11.4 Å². The molecule has 0 saturated heterocycles. The van der Waals surface area contributed by atoms with E-state index in [9.17, 15) is 0 Å². The van der Waals surface area contributed by atoms with Gasteiger partial charge >= 0.3 is 0 Å². The number of nitrogens with zero attached hydrogens (tertiary/aromatic N) is 3. The second-order valence-corrected chi connectivity index (χ2v) is 4.92. The molecule has 0 unspecified atom stereocenters. The van der Waals surface area contributed by atoms with Gasteiger partial charge in [0.1, 0.15) is 0 Å². The quantitative estimate of drug-likeness (QED) is 0.732. The summed E-state index contributed by atoms with van der Waals surface area (Å²) in [6, 6.07) is 0. The molecule has 0 bridgehead atoms. The number of hydrogen-bond donors (Lipinski definition) is 0. The lowest BCUT2D eigenvalue weighted by Crippen LogP contribution is -1.85. The lowest BCUT2D eigenvalue weighted by Gasteiger charge is -1.88. The topological polar surface area (TPSA) is 30.2 Å². The molecule has 1 rings (SSSR count). The van der Waals surface area contributed by atoms with Gasteiger partial charge in [-0.15, -0.1) is 0 Å². The Balaban J connectivity index is 3.04. The van der Waals surface area contributed by atoms with Crippen molar-refractivity contribution in [3.8, 4) is 0 Å². The minimum absolute atomic E-state index is 0.0557. The zero-order chi connectivity index (χ0) is 8.43. The molecular formula is C6H10BrN3S. The maximum Gasteiger partial charge on any atom is 0.194 e. The van der Waals surface area contributed by atoms with Crippen LogP contribution in [-0.2, 0) is 17.7 Å². The molecule has 5 heteroatoms. The summed E-state index contributed by atoms with van der Waals surface area (Å²) in [4.78, 5) is 0. The van der Waals surface area contributed by atoms with Gasteiger partial charge in [-0.2, -0.15) is 5.10 Å². The summed E-state index contributed by atoms with van der Waals surface area (Å²) in [6.45, 7) is 0. The molecule has 0 spiro atoms. The first-order chi connectivity index (χ1) is 5.09. The average molecular weight is 236 g/mol. The molecule has 3 nitrogen and oxygen atoms in total. The molecule has 1 aromatic heterocycles. The fourth-order valence-corrected chi connectivity index (χ4v) is 1.74. The van der Waals surface area contributed by atoms with Gasteiger partial charge in [-0.3, -0.25) is 4.68 Å². The molecule has 0 atom stereocenters. The minimum atomic E-state index is 0.0557. The summed E-state index contributed by atoms with van der Waals surface area (Å²) < 4.78 is 7.03. The second kappa shape index (κ2) is 3.49. The molecule has 62 valence electrons.